The van der Waals surface area contributed by atoms with Crippen molar-refractivity contribution in [2.45, 2.75) is 18.0 Å². The number of hydrogen-bond acceptors (Lipinski definition) is 5. The zero-order valence-corrected chi connectivity index (χ0v) is 20.5. The molecule has 3 aromatic rings. The zero-order valence-electron chi connectivity index (χ0n) is 18.9. The molecule has 4 rings (SSSR count). The molecule has 1 amide bonds. The number of Topliss-reactive ketones (excluding diaryl/α,β-unsaturated/α-hetero) is 1. The Balaban J connectivity index is 1.90. The van der Waals surface area contributed by atoms with Crippen molar-refractivity contribution in [1.82, 2.24) is 4.90 Å². The Morgan fingerprint density at radius 1 is 1.06 bits per heavy atom. The molecule has 180 valence electrons. The highest BCUT2D eigenvalue weighted by atomic mass is 35.5. The number of aliphatic carboxylic acids is 1. The molecule has 1 fully saturated rings. The first-order valence-corrected chi connectivity index (χ1v) is 12.3. The molecule has 1 aliphatic heterocycles. The molecular weight excluding hydrogens is 486 g/mol. The fourth-order valence-electron chi connectivity index (χ4n) is 4.69. The van der Waals surface area contributed by atoms with Crippen molar-refractivity contribution in [1.29, 1.82) is 0 Å². The molecule has 0 bridgehead atoms. The second-order valence-electron chi connectivity index (χ2n) is 8.22. The molecule has 1 N–H and O–H groups in total. The number of rotatable bonds is 8. The Hall–Kier alpha value is -3.26. The summed E-state index contributed by atoms with van der Waals surface area (Å²) in [7, 11) is 1.38. The topological polar surface area (TPSA) is 83.9 Å². The Kier molecular flexibility index (Phi) is 7.80. The number of carboxylic acid groups (broad SMARTS) is 1. The molecular formula is C27H24ClNO5S. The quantitative estimate of drug-likeness (QED) is 0.432. The SMILES string of the molecule is COCC(=O)N1C(C=Cc2ccccc2)C(C(=O)c2cccs2)C(c2ccc(Cl)cc2)C1C(=O)O. The smallest absolute Gasteiger partial charge is 0.327 e. The third kappa shape index (κ3) is 5.22. The van der Waals surface area contributed by atoms with Gasteiger partial charge in [-0.25, -0.2) is 4.79 Å². The van der Waals surface area contributed by atoms with Crippen LogP contribution < -0.4 is 0 Å². The second-order valence-corrected chi connectivity index (χ2v) is 9.61. The Bertz CT molecular complexity index is 1210. The number of carbonyl (C=O) groups excluding carboxylic acids is 2. The Labute approximate surface area is 212 Å². The summed E-state index contributed by atoms with van der Waals surface area (Å²) in [5.41, 5.74) is 1.50. The molecule has 0 spiro atoms. The molecule has 1 saturated heterocycles. The molecule has 35 heavy (non-hydrogen) atoms. The highest BCUT2D eigenvalue weighted by molar-refractivity contribution is 7.12. The van der Waals surface area contributed by atoms with Crippen LogP contribution in [0.25, 0.3) is 6.08 Å². The normalized spacial score (nSPS) is 21.9. The van der Waals surface area contributed by atoms with Crippen molar-refractivity contribution in [2.24, 2.45) is 5.92 Å². The largest absolute Gasteiger partial charge is 0.480 e. The van der Waals surface area contributed by atoms with Crippen LogP contribution in [0.4, 0.5) is 0 Å². The Morgan fingerprint density at radius 3 is 2.37 bits per heavy atom. The molecule has 1 aliphatic rings. The summed E-state index contributed by atoms with van der Waals surface area (Å²) in [5, 5.41) is 12.6. The van der Waals surface area contributed by atoms with Crippen molar-refractivity contribution >= 4 is 46.7 Å². The van der Waals surface area contributed by atoms with E-state index in [9.17, 15) is 19.5 Å². The number of nitrogens with zero attached hydrogens (tertiary/aromatic N) is 1. The third-order valence-corrected chi connectivity index (χ3v) is 7.27. The number of halogens is 1. The zero-order chi connectivity index (χ0) is 24.9. The average molecular weight is 510 g/mol. The van der Waals surface area contributed by atoms with Gasteiger partial charge in [0.25, 0.3) is 0 Å². The second kappa shape index (κ2) is 11.0. The maximum atomic E-state index is 13.9. The molecule has 8 heteroatoms. The van der Waals surface area contributed by atoms with E-state index in [2.05, 4.69) is 0 Å². The van der Waals surface area contributed by atoms with Gasteiger partial charge >= 0.3 is 5.97 Å². The number of ketones is 1. The van der Waals surface area contributed by atoms with Crippen molar-refractivity contribution in [3.63, 3.8) is 0 Å². The summed E-state index contributed by atoms with van der Waals surface area (Å²) < 4.78 is 5.07. The molecule has 0 radical (unpaired) electrons. The van der Waals surface area contributed by atoms with Gasteiger partial charge in [0.1, 0.15) is 12.6 Å². The lowest BCUT2D eigenvalue weighted by molar-refractivity contribution is -0.151. The number of thiophene rings is 1. The van der Waals surface area contributed by atoms with Gasteiger partial charge < -0.3 is 14.7 Å². The summed E-state index contributed by atoms with van der Waals surface area (Å²) >= 11 is 7.38. The Morgan fingerprint density at radius 2 is 1.77 bits per heavy atom. The summed E-state index contributed by atoms with van der Waals surface area (Å²) in [6, 6.07) is 17.7. The van der Waals surface area contributed by atoms with Crippen molar-refractivity contribution in [3.8, 4) is 0 Å². The fraction of sp³-hybridized carbons (Fsp3) is 0.222. The highest BCUT2D eigenvalue weighted by Crippen LogP contribution is 2.45. The van der Waals surface area contributed by atoms with E-state index in [4.69, 9.17) is 16.3 Å². The third-order valence-electron chi connectivity index (χ3n) is 6.13. The van der Waals surface area contributed by atoms with E-state index in [-0.39, 0.29) is 12.4 Å². The molecule has 6 nitrogen and oxygen atoms in total. The van der Waals surface area contributed by atoms with Crippen LogP contribution in [0.3, 0.4) is 0 Å². The molecule has 0 saturated carbocycles. The lowest BCUT2D eigenvalue weighted by atomic mass is 9.78. The van der Waals surface area contributed by atoms with Crippen LogP contribution in [0.1, 0.15) is 26.7 Å². The number of benzene rings is 2. The van der Waals surface area contributed by atoms with Crippen LogP contribution in [-0.2, 0) is 14.3 Å². The van der Waals surface area contributed by atoms with Crippen LogP contribution in [-0.4, -0.2) is 53.5 Å². The number of carboxylic acids is 1. The van der Waals surface area contributed by atoms with Crippen molar-refractivity contribution in [2.75, 3.05) is 13.7 Å². The van der Waals surface area contributed by atoms with Gasteiger partial charge in [0.05, 0.1) is 16.8 Å². The van der Waals surface area contributed by atoms with Gasteiger partial charge in [-0.2, -0.15) is 0 Å². The number of hydrogen-bond donors (Lipinski definition) is 1. The maximum absolute atomic E-state index is 13.9. The van der Waals surface area contributed by atoms with Gasteiger partial charge in [-0.3, -0.25) is 9.59 Å². The summed E-state index contributed by atoms with van der Waals surface area (Å²) in [6.45, 7) is -0.299. The standard InChI is InChI=1S/C27H24ClNO5S/c1-34-16-22(30)29-20(14-9-17-6-3-2-4-7-17)24(26(31)21-8-5-15-35-21)23(25(29)27(32)33)18-10-12-19(28)13-11-18/h2-15,20,23-25H,16H2,1H3,(H,32,33). The van der Waals surface area contributed by atoms with Crippen LogP contribution >= 0.6 is 22.9 Å². The lowest BCUT2D eigenvalue weighted by Crippen LogP contribution is -2.47. The minimum Gasteiger partial charge on any atom is -0.480 e. The van der Waals surface area contributed by atoms with E-state index in [1.54, 1.807) is 47.9 Å². The van der Waals surface area contributed by atoms with Crippen LogP contribution in [0.2, 0.25) is 5.02 Å². The minimum absolute atomic E-state index is 0.207. The number of amides is 1. The van der Waals surface area contributed by atoms with Gasteiger partial charge in [-0.05, 0) is 34.7 Å². The molecule has 4 unspecified atom stereocenters. The number of carbonyl (C=O) groups is 3. The first-order valence-electron chi connectivity index (χ1n) is 11.0. The van der Waals surface area contributed by atoms with Crippen LogP contribution in [0.15, 0.2) is 78.2 Å². The molecule has 0 aliphatic carbocycles. The first-order chi connectivity index (χ1) is 16.9. The number of methoxy groups -OCH3 is 1. The van der Waals surface area contributed by atoms with Crippen molar-refractivity contribution < 1.29 is 24.2 Å². The van der Waals surface area contributed by atoms with Gasteiger partial charge in [0.15, 0.2) is 5.78 Å². The van der Waals surface area contributed by atoms with E-state index in [0.29, 0.717) is 15.5 Å². The molecule has 2 heterocycles. The van der Waals surface area contributed by atoms with E-state index in [1.807, 2.05) is 36.4 Å². The monoisotopic (exact) mass is 509 g/mol. The highest BCUT2D eigenvalue weighted by Gasteiger charge is 2.56. The molecule has 1 aromatic heterocycles. The summed E-state index contributed by atoms with van der Waals surface area (Å²) in [4.78, 5) is 41.6. The van der Waals surface area contributed by atoms with Crippen LogP contribution in [0, 0.1) is 5.92 Å². The number of ether oxygens (including phenoxy) is 1. The molecule has 4 atom stereocenters. The van der Waals surface area contributed by atoms with E-state index in [1.165, 1.54) is 23.3 Å². The lowest BCUT2D eigenvalue weighted by Gasteiger charge is -2.28. The van der Waals surface area contributed by atoms with E-state index in [0.717, 1.165) is 5.56 Å². The average Bonchev–Trinajstić information content (AvgIpc) is 3.50. The fourth-order valence-corrected chi connectivity index (χ4v) is 5.53. The van der Waals surface area contributed by atoms with E-state index >= 15 is 0 Å². The van der Waals surface area contributed by atoms with E-state index < -0.39 is 35.8 Å². The number of likely N-dealkylation sites (tertiary alicyclic amines) is 1. The summed E-state index contributed by atoms with van der Waals surface area (Å²) in [5.74, 6) is -3.50. The van der Waals surface area contributed by atoms with Gasteiger partial charge in [0, 0.05) is 18.1 Å². The minimum atomic E-state index is -1.27. The molecule has 2 aromatic carbocycles. The predicted octanol–water partition coefficient (Wildman–Crippen LogP) is 5.01. The van der Waals surface area contributed by atoms with Gasteiger partial charge in [-0.15, -0.1) is 11.3 Å². The maximum Gasteiger partial charge on any atom is 0.327 e. The first kappa shape index (κ1) is 24.9. The summed E-state index contributed by atoms with van der Waals surface area (Å²) in [6.07, 6.45) is 3.57. The van der Waals surface area contributed by atoms with Crippen LogP contribution in [0.5, 0.6) is 0 Å². The van der Waals surface area contributed by atoms with Gasteiger partial charge in [0.2, 0.25) is 5.91 Å². The van der Waals surface area contributed by atoms with Gasteiger partial charge in [-0.1, -0.05) is 72.3 Å². The van der Waals surface area contributed by atoms with Crippen molar-refractivity contribution in [3.05, 3.63) is 99.2 Å². The predicted molar refractivity (Wildman–Crippen MR) is 136 cm³/mol.